The Bertz CT molecular complexity index is 1000. The van der Waals surface area contributed by atoms with Crippen molar-refractivity contribution < 1.29 is 24.1 Å². The monoisotopic (exact) mass is 453 g/mol. The molecule has 7 nitrogen and oxygen atoms in total. The van der Waals surface area contributed by atoms with E-state index >= 15 is 0 Å². The van der Waals surface area contributed by atoms with Gasteiger partial charge in [-0.15, -0.1) is 0 Å². The minimum Gasteiger partial charge on any atom is -0.491 e. The summed E-state index contributed by atoms with van der Waals surface area (Å²) < 4.78 is 19.2. The lowest BCUT2D eigenvalue weighted by Crippen LogP contribution is -2.41. The highest BCUT2D eigenvalue weighted by Crippen LogP contribution is 2.15. The molecule has 0 aliphatic carbocycles. The van der Waals surface area contributed by atoms with Gasteiger partial charge < -0.3 is 30.9 Å². The summed E-state index contributed by atoms with van der Waals surface area (Å²) in [7, 11) is 0. The van der Waals surface area contributed by atoms with Crippen LogP contribution in [0.4, 0.5) is 20.6 Å². The number of carbonyl (C=O) groups excluding carboxylic acids is 1. The molecular weight excluding hydrogens is 425 g/mol. The second kappa shape index (κ2) is 12.5. The number of carbonyl (C=O) groups is 1. The van der Waals surface area contributed by atoms with Gasteiger partial charge in [0.05, 0.1) is 12.3 Å². The Hall–Kier alpha value is -3.46. The molecule has 0 saturated carbocycles. The van der Waals surface area contributed by atoms with Crippen LogP contribution < -0.4 is 20.7 Å². The molecule has 0 radical (unpaired) electrons. The van der Waals surface area contributed by atoms with Gasteiger partial charge in [-0.1, -0.05) is 42.5 Å². The normalized spacial score (nSPS) is 12.6. The second-order valence-corrected chi connectivity index (χ2v) is 7.53. The van der Waals surface area contributed by atoms with Gasteiger partial charge in [-0.25, -0.2) is 9.18 Å². The summed E-state index contributed by atoms with van der Waals surface area (Å²) in [5.74, 6) is 0.175. The zero-order valence-electron chi connectivity index (χ0n) is 18.1. The first-order chi connectivity index (χ1) is 16.0. The fraction of sp³-hybridized carbons (Fsp3) is 0.240. The summed E-state index contributed by atoms with van der Waals surface area (Å²) in [6, 6.07) is 21.5. The average Bonchev–Trinajstić information content (AvgIpc) is 2.83. The van der Waals surface area contributed by atoms with Crippen LogP contribution in [0.3, 0.4) is 0 Å². The zero-order valence-corrected chi connectivity index (χ0v) is 18.1. The Balaban J connectivity index is 1.42. The Labute approximate surface area is 192 Å². The number of anilines is 2. The first kappa shape index (κ1) is 24.2. The van der Waals surface area contributed by atoms with Crippen molar-refractivity contribution in [1.29, 1.82) is 0 Å². The summed E-state index contributed by atoms with van der Waals surface area (Å²) in [4.78, 5) is 12.1. The van der Waals surface area contributed by atoms with Crippen LogP contribution in [0.5, 0.6) is 5.75 Å². The number of amides is 2. The van der Waals surface area contributed by atoms with Crippen molar-refractivity contribution in [2.45, 2.75) is 18.6 Å². The fourth-order valence-corrected chi connectivity index (χ4v) is 3.13. The van der Waals surface area contributed by atoms with Crippen LogP contribution in [0.25, 0.3) is 0 Å². The Morgan fingerprint density at radius 2 is 1.64 bits per heavy atom. The third-order valence-corrected chi connectivity index (χ3v) is 4.86. The van der Waals surface area contributed by atoms with Crippen molar-refractivity contribution in [3.05, 3.63) is 90.2 Å². The van der Waals surface area contributed by atoms with E-state index in [-0.39, 0.29) is 31.5 Å². The molecule has 5 N–H and O–H groups in total. The van der Waals surface area contributed by atoms with Gasteiger partial charge in [-0.05, 0) is 48.4 Å². The van der Waals surface area contributed by atoms with Crippen molar-refractivity contribution in [3.8, 4) is 5.75 Å². The molecule has 0 bridgehead atoms. The number of nitrogens with one attached hydrogen (secondary N) is 3. The third kappa shape index (κ3) is 8.19. The standard InChI is InChI=1S/C25H28FN3O4/c26-23-8-4-5-9-24(23)29-25(32)28-19-12-10-18(11-13-19)14-20(16-30)27-15-21(31)17-33-22-6-2-1-3-7-22/h1-13,20-21,27,30-31H,14-17H2,(H2,28,29,32)/t20-,21-/m0/s1. The topological polar surface area (TPSA) is 103 Å². The third-order valence-electron chi connectivity index (χ3n) is 4.86. The molecule has 174 valence electrons. The summed E-state index contributed by atoms with van der Waals surface area (Å²) in [6.07, 6.45) is -0.191. The number of hydrogen-bond acceptors (Lipinski definition) is 5. The molecule has 0 aromatic heterocycles. The number of aliphatic hydroxyl groups is 2. The number of rotatable bonds is 11. The minimum atomic E-state index is -0.723. The van der Waals surface area contributed by atoms with E-state index < -0.39 is 18.0 Å². The van der Waals surface area contributed by atoms with Gasteiger partial charge in [-0.2, -0.15) is 0 Å². The Morgan fingerprint density at radius 1 is 0.939 bits per heavy atom. The van der Waals surface area contributed by atoms with Crippen LogP contribution >= 0.6 is 0 Å². The van der Waals surface area contributed by atoms with E-state index in [2.05, 4.69) is 16.0 Å². The van der Waals surface area contributed by atoms with Gasteiger partial charge in [0.15, 0.2) is 0 Å². The number of para-hydroxylation sites is 2. The van der Waals surface area contributed by atoms with E-state index in [1.165, 1.54) is 12.1 Å². The van der Waals surface area contributed by atoms with E-state index in [0.29, 0.717) is 17.9 Å². The van der Waals surface area contributed by atoms with Gasteiger partial charge in [0, 0.05) is 18.3 Å². The predicted molar refractivity (Wildman–Crippen MR) is 126 cm³/mol. The van der Waals surface area contributed by atoms with Crippen LogP contribution in [-0.2, 0) is 6.42 Å². The number of halogens is 1. The SMILES string of the molecule is O=C(Nc1ccc(C[C@@H](CO)NC[C@H](O)COc2ccccc2)cc1)Nc1ccccc1F. The molecule has 0 spiro atoms. The van der Waals surface area contributed by atoms with Gasteiger partial charge in [-0.3, -0.25) is 0 Å². The van der Waals surface area contributed by atoms with E-state index in [1.807, 2.05) is 42.5 Å². The van der Waals surface area contributed by atoms with Gasteiger partial charge in [0.25, 0.3) is 0 Å². The van der Waals surface area contributed by atoms with E-state index in [0.717, 1.165) is 5.56 Å². The molecule has 0 aliphatic rings. The fourth-order valence-electron chi connectivity index (χ4n) is 3.13. The van der Waals surface area contributed by atoms with Crippen molar-refractivity contribution in [1.82, 2.24) is 5.32 Å². The lowest BCUT2D eigenvalue weighted by molar-refractivity contribution is 0.0997. The molecule has 33 heavy (non-hydrogen) atoms. The van der Waals surface area contributed by atoms with Crippen LogP contribution in [0.2, 0.25) is 0 Å². The van der Waals surface area contributed by atoms with Crippen LogP contribution in [0.1, 0.15) is 5.56 Å². The first-order valence-electron chi connectivity index (χ1n) is 10.6. The largest absolute Gasteiger partial charge is 0.491 e. The molecule has 8 heteroatoms. The van der Waals surface area contributed by atoms with E-state index in [4.69, 9.17) is 4.74 Å². The lowest BCUT2D eigenvalue weighted by atomic mass is 10.1. The highest BCUT2D eigenvalue weighted by atomic mass is 19.1. The summed E-state index contributed by atoms with van der Waals surface area (Å²) in [6.45, 7) is 0.315. The van der Waals surface area contributed by atoms with E-state index in [9.17, 15) is 19.4 Å². The quantitative estimate of drug-likeness (QED) is 0.306. The highest BCUT2D eigenvalue weighted by molar-refractivity contribution is 5.99. The van der Waals surface area contributed by atoms with Gasteiger partial charge in [0.2, 0.25) is 0 Å². The summed E-state index contributed by atoms with van der Waals surface area (Å²) in [5.41, 5.74) is 1.59. The number of ether oxygens (including phenoxy) is 1. The molecule has 0 unspecified atom stereocenters. The first-order valence-corrected chi connectivity index (χ1v) is 10.6. The van der Waals surface area contributed by atoms with Gasteiger partial charge >= 0.3 is 6.03 Å². The maximum Gasteiger partial charge on any atom is 0.323 e. The lowest BCUT2D eigenvalue weighted by Gasteiger charge is -2.19. The molecule has 0 fully saturated rings. The van der Waals surface area contributed by atoms with Crippen LogP contribution in [0, 0.1) is 5.82 Å². The average molecular weight is 454 g/mol. The Kier molecular flexibility index (Phi) is 9.19. The molecule has 3 rings (SSSR count). The maximum absolute atomic E-state index is 13.6. The molecule has 3 aromatic rings. The summed E-state index contributed by atoms with van der Waals surface area (Å²) >= 11 is 0. The highest BCUT2D eigenvalue weighted by Gasteiger charge is 2.12. The zero-order chi connectivity index (χ0) is 23.5. The van der Waals surface area contributed by atoms with Crippen molar-refractivity contribution in [3.63, 3.8) is 0 Å². The summed E-state index contributed by atoms with van der Waals surface area (Å²) in [5, 5.41) is 28.0. The Morgan fingerprint density at radius 3 is 2.33 bits per heavy atom. The molecule has 2 atom stereocenters. The molecule has 0 aliphatic heterocycles. The molecule has 2 amide bonds. The maximum atomic E-state index is 13.6. The predicted octanol–water partition coefficient (Wildman–Crippen LogP) is 3.40. The van der Waals surface area contributed by atoms with E-state index in [1.54, 1.807) is 24.3 Å². The number of urea groups is 1. The smallest absolute Gasteiger partial charge is 0.323 e. The van der Waals surface area contributed by atoms with Crippen molar-refractivity contribution in [2.75, 3.05) is 30.4 Å². The van der Waals surface area contributed by atoms with Crippen molar-refractivity contribution in [2.24, 2.45) is 0 Å². The molecule has 0 heterocycles. The molecular formula is C25H28FN3O4. The van der Waals surface area contributed by atoms with Gasteiger partial charge in [0.1, 0.15) is 24.3 Å². The molecule has 3 aromatic carbocycles. The minimum absolute atomic E-state index is 0.0971. The van der Waals surface area contributed by atoms with Crippen LogP contribution in [0.15, 0.2) is 78.9 Å². The van der Waals surface area contributed by atoms with Crippen molar-refractivity contribution >= 4 is 17.4 Å². The molecule has 0 saturated heterocycles. The number of hydrogen-bond donors (Lipinski definition) is 5. The number of benzene rings is 3. The second-order valence-electron chi connectivity index (χ2n) is 7.53. The van der Waals surface area contributed by atoms with Crippen LogP contribution in [-0.4, -0.2) is 48.1 Å². The number of aliphatic hydroxyl groups excluding tert-OH is 2.